The van der Waals surface area contributed by atoms with Crippen LogP contribution in [0.1, 0.15) is 42.7 Å². The average molecular weight is 262 g/mol. The monoisotopic (exact) mass is 262 g/mol. The first-order valence-electron chi connectivity index (χ1n) is 6.66. The molecule has 0 aliphatic rings. The minimum Gasteiger partial charge on any atom is -0.330 e. The van der Waals surface area contributed by atoms with Crippen molar-refractivity contribution in [3.63, 3.8) is 0 Å². The quantitative estimate of drug-likeness (QED) is 0.879. The van der Waals surface area contributed by atoms with Crippen LogP contribution in [0.15, 0.2) is 6.33 Å². The van der Waals surface area contributed by atoms with Gasteiger partial charge in [-0.25, -0.2) is 9.67 Å². The van der Waals surface area contributed by atoms with Gasteiger partial charge in [0, 0.05) is 11.7 Å². The first-order valence-corrected chi connectivity index (χ1v) is 6.66. The first-order chi connectivity index (χ1) is 9.04. The molecule has 0 fully saturated rings. The van der Waals surface area contributed by atoms with Gasteiger partial charge in [-0.2, -0.15) is 10.2 Å². The van der Waals surface area contributed by atoms with Crippen LogP contribution in [-0.2, 0) is 13.0 Å². The van der Waals surface area contributed by atoms with Crippen LogP contribution in [-0.4, -0.2) is 31.1 Å². The van der Waals surface area contributed by atoms with E-state index >= 15 is 0 Å². The highest BCUT2D eigenvalue weighted by atomic mass is 15.4. The third-order valence-electron chi connectivity index (χ3n) is 3.35. The van der Waals surface area contributed by atoms with Crippen molar-refractivity contribution < 1.29 is 0 Å². The van der Waals surface area contributed by atoms with Crippen molar-refractivity contribution in [3.8, 4) is 0 Å². The number of hydrogen-bond acceptors (Lipinski definition) is 4. The van der Waals surface area contributed by atoms with Crippen molar-refractivity contribution in [3.05, 3.63) is 29.1 Å². The van der Waals surface area contributed by atoms with Gasteiger partial charge in [-0.3, -0.25) is 4.68 Å². The minimum atomic E-state index is 0.304. The van der Waals surface area contributed by atoms with E-state index in [1.807, 2.05) is 16.3 Å². The molecule has 0 bridgehead atoms. The summed E-state index contributed by atoms with van der Waals surface area (Å²) in [7, 11) is 0. The maximum absolute atomic E-state index is 5.64. The lowest BCUT2D eigenvalue weighted by Crippen LogP contribution is -2.14. The molecule has 0 aromatic carbocycles. The molecule has 0 aliphatic carbocycles. The summed E-state index contributed by atoms with van der Waals surface area (Å²) in [4.78, 5) is 4.33. The Morgan fingerprint density at radius 2 is 2.05 bits per heavy atom. The standard InChI is InChI=1S/C13H22N6/c1-9(2)19-13(15-8-16-19)7-18-11(4)12(5-6-14)10(3)17-18/h8-9H,5-7,14H2,1-4H3. The predicted octanol–water partition coefficient (Wildman–Crippen LogP) is 1.22. The molecule has 0 atom stereocenters. The highest BCUT2D eigenvalue weighted by Gasteiger charge is 2.14. The molecule has 6 heteroatoms. The van der Waals surface area contributed by atoms with Gasteiger partial charge in [0.2, 0.25) is 0 Å². The van der Waals surface area contributed by atoms with E-state index in [2.05, 4.69) is 36.0 Å². The molecule has 2 rings (SSSR count). The van der Waals surface area contributed by atoms with Gasteiger partial charge in [0.1, 0.15) is 18.7 Å². The Kier molecular flexibility index (Phi) is 3.99. The second kappa shape index (κ2) is 5.52. The topological polar surface area (TPSA) is 74.5 Å². The first kappa shape index (κ1) is 13.7. The Morgan fingerprint density at radius 1 is 1.32 bits per heavy atom. The highest BCUT2D eigenvalue weighted by molar-refractivity contribution is 5.25. The highest BCUT2D eigenvalue weighted by Crippen LogP contribution is 2.15. The van der Waals surface area contributed by atoms with E-state index < -0.39 is 0 Å². The third-order valence-corrected chi connectivity index (χ3v) is 3.35. The molecule has 0 amide bonds. The van der Waals surface area contributed by atoms with Crippen molar-refractivity contribution >= 4 is 0 Å². The summed E-state index contributed by atoms with van der Waals surface area (Å²) >= 11 is 0. The van der Waals surface area contributed by atoms with E-state index in [-0.39, 0.29) is 0 Å². The second-order valence-corrected chi connectivity index (χ2v) is 5.06. The fourth-order valence-corrected chi connectivity index (χ4v) is 2.35. The summed E-state index contributed by atoms with van der Waals surface area (Å²) in [6, 6.07) is 0.304. The van der Waals surface area contributed by atoms with E-state index in [0.717, 1.165) is 17.9 Å². The summed E-state index contributed by atoms with van der Waals surface area (Å²) in [5.41, 5.74) is 9.11. The van der Waals surface area contributed by atoms with Crippen molar-refractivity contribution in [1.82, 2.24) is 24.5 Å². The lowest BCUT2D eigenvalue weighted by Gasteiger charge is -2.10. The largest absolute Gasteiger partial charge is 0.330 e. The maximum Gasteiger partial charge on any atom is 0.148 e. The van der Waals surface area contributed by atoms with E-state index in [0.29, 0.717) is 19.1 Å². The summed E-state index contributed by atoms with van der Waals surface area (Å²) in [5.74, 6) is 0.930. The lowest BCUT2D eigenvalue weighted by molar-refractivity contribution is 0.485. The zero-order chi connectivity index (χ0) is 14.0. The van der Waals surface area contributed by atoms with E-state index in [9.17, 15) is 0 Å². The molecule has 2 aromatic rings. The van der Waals surface area contributed by atoms with Gasteiger partial charge >= 0.3 is 0 Å². The molecule has 0 aliphatic heterocycles. The van der Waals surface area contributed by atoms with Crippen LogP contribution in [0, 0.1) is 13.8 Å². The molecule has 0 radical (unpaired) electrons. The van der Waals surface area contributed by atoms with Crippen LogP contribution in [0.4, 0.5) is 0 Å². The van der Waals surface area contributed by atoms with Gasteiger partial charge in [-0.05, 0) is 46.2 Å². The SMILES string of the molecule is Cc1nn(Cc2ncnn2C(C)C)c(C)c1CCN. The minimum absolute atomic E-state index is 0.304. The maximum atomic E-state index is 5.64. The van der Waals surface area contributed by atoms with Crippen molar-refractivity contribution in [2.24, 2.45) is 5.73 Å². The Balaban J connectivity index is 2.28. The van der Waals surface area contributed by atoms with Crippen LogP contribution in [0.25, 0.3) is 0 Å². The molecule has 0 saturated carbocycles. The molecular weight excluding hydrogens is 240 g/mol. The fourth-order valence-electron chi connectivity index (χ4n) is 2.35. The number of rotatable bonds is 5. The molecule has 2 aromatic heterocycles. The van der Waals surface area contributed by atoms with Gasteiger partial charge in [0.05, 0.1) is 5.69 Å². The number of nitrogens with two attached hydrogens (primary N) is 1. The summed E-state index contributed by atoms with van der Waals surface area (Å²) in [6.45, 7) is 9.60. The fraction of sp³-hybridized carbons (Fsp3) is 0.615. The Hall–Kier alpha value is -1.69. The zero-order valence-corrected chi connectivity index (χ0v) is 12.1. The average Bonchev–Trinajstić information content (AvgIpc) is 2.91. The van der Waals surface area contributed by atoms with Crippen molar-refractivity contribution in [2.75, 3.05) is 6.54 Å². The Bertz CT molecular complexity index is 551. The summed E-state index contributed by atoms with van der Waals surface area (Å²) < 4.78 is 3.92. The van der Waals surface area contributed by atoms with Crippen LogP contribution in [0.5, 0.6) is 0 Å². The van der Waals surface area contributed by atoms with Crippen LogP contribution < -0.4 is 5.73 Å². The zero-order valence-electron chi connectivity index (χ0n) is 12.1. The number of aromatic nitrogens is 5. The molecular formula is C13H22N6. The molecule has 104 valence electrons. The van der Waals surface area contributed by atoms with Gasteiger partial charge in [0.15, 0.2) is 0 Å². The molecule has 0 saturated heterocycles. The molecule has 6 nitrogen and oxygen atoms in total. The Labute approximate surface area is 113 Å². The number of hydrogen-bond donors (Lipinski definition) is 1. The van der Waals surface area contributed by atoms with Crippen LogP contribution in [0.2, 0.25) is 0 Å². The van der Waals surface area contributed by atoms with Crippen molar-refractivity contribution in [2.45, 2.75) is 46.7 Å². The van der Waals surface area contributed by atoms with Crippen LogP contribution >= 0.6 is 0 Å². The van der Waals surface area contributed by atoms with Gasteiger partial charge < -0.3 is 5.73 Å². The second-order valence-electron chi connectivity index (χ2n) is 5.06. The predicted molar refractivity (Wildman–Crippen MR) is 74.0 cm³/mol. The summed E-state index contributed by atoms with van der Waals surface area (Å²) in [6.07, 6.45) is 2.47. The summed E-state index contributed by atoms with van der Waals surface area (Å²) in [5, 5.41) is 8.84. The van der Waals surface area contributed by atoms with Gasteiger partial charge in [-0.1, -0.05) is 0 Å². The van der Waals surface area contributed by atoms with Crippen molar-refractivity contribution in [1.29, 1.82) is 0 Å². The number of nitrogens with zero attached hydrogens (tertiary/aromatic N) is 5. The molecule has 2 N–H and O–H groups in total. The molecule has 19 heavy (non-hydrogen) atoms. The number of aryl methyl sites for hydroxylation is 1. The molecule has 2 heterocycles. The van der Waals surface area contributed by atoms with E-state index in [1.165, 1.54) is 11.3 Å². The lowest BCUT2D eigenvalue weighted by atomic mass is 10.1. The third kappa shape index (κ3) is 2.68. The van der Waals surface area contributed by atoms with Gasteiger partial charge in [-0.15, -0.1) is 0 Å². The van der Waals surface area contributed by atoms with Crippen LogP contribution in [0.3, 0.4) is 0 Å². The molecule has 0 spiro atoms. The Morgan fingerprint density at radius 3 is 2.68 bits per heavy atom. The smallest absolute Gasteiger partial charge is 0.148 e. The van der Waals surface area contributed by atoms with E-state index in [1.54, 1.807) is 6.33 Å². The molecule has 0 unspecified atom stereocenters. The van der Waals surface area contributed by atoms with E-state index in [4.69, 9.17) is 5.73 Å². The normalized spacial score (nSPS) is 11.5. The van der Waals surface area contributed by atoms with Gasteiger partial charge in [0.25, 0.3) is 0 Å².